The SMILES string of the molecule is CCC(O)[C@H]1CCCN1C(=O)OCC1c2ccccc2-c2ccccc21. The van der Waals surface area contributed by atoms with Gasteiger partial charge in [-0.05, 0) is 41.5 Å². The number of carbonyl (C=O) groups excluding carboxylic acids is 1. The molecule has 4 rings (SSSR count). The van der Waals surface area contributed by atoms with Gasteiger partial charge < -0.3 is 14.7 Å². The van der Waals surface area contributed by atoms with Crippen molar-refractivity contribution in [2.75, 3.05) is 13.2 Å². The highest BCUT2D eigenvalue weighted by molar-refractivity contribution is 5.79. The van der Waals surface area contributed by atoms with Crippen LogP contribution in [0.1, 0.15) is 43.2 Å². The first-order valence-corrected chi connectivity index (χ1v) is 9.50. The summed E-state index contributed by atoms with van der Waals surface area (Å²) in [6.45, 7) is 2.94. The Morgan fingerprint density at radius 3 is 2.38 bits per heavy atom. The van der Waals surface area contributed by atoms with E-state index in [4.69, 9.17) is 4.74 Å². The van der Waals surface area contributed by atoms with Crippen molar-refractivity contribution in [3.05, 3.63) is 59.7 Å². The molecule has 4 heteroatoms. The second-order valence-electron chi connectivity index (χ2n) is 7.18. The van der Waals surface area contributed by atoms with Crippen LogP contribution in [0.4, 0.5) is 4.79 Å². The second kappa shape index (κ2) is 7.12. The molecule has 0 radical (unpaired) electrons. The van der Waals surface area contributed by atoms with Gasteiger partial charge in [-0.1, -0.05) is 55.5 Å². The van der Waals surface area contributed by atoms with E-state index in [1.807, 2.05) is 31.2 Å². The molecule has 1 fully saturated rings. The fourth-order valence-corrected chi connectivity index (χ4v) is 4.37. The molecule has 0 spiro atoms. The molecule has 0 saturated carbocycles. The molecule has 1 unspecified atom stereocenters. The molecule has 2 atom stereocenters. The lowest BCUT2D eigenvalue weighted by atomic mass is 9.98. The number of fused-ring (bicyclic) bond motifs is 3. The molecule has 136 valence electrons. The maximum atomic E-state index is 12.6. The molecule has 1 aliphatic heterocycles. The maximum Gasteiger partial charge on any atom is 0.410 e. The minimum absolute atomic E-state index is 0.0727. The standard InChI is InChI=1S/C22H25NO3/c1-2-21(24)20-12-7-13-23(20)22(25)26-14-19-17-10-5-3-8-15(17)16-9-4-6-11-18(16)19/h3-6,8-11,19-21,24H,2,7,12-14H2,1H3/t20-,21?/m1/s1. The van der Waals surface area contributed by atoms with E-state index in [2.05, 4.69) is 24.3 Å². The molecule has 26 heavy (non-hydrogen) atoms. The maximum absolute atomic E-state index is 12.6. The number of ether oxygens (including phenoxy) is 1. The predicted octanol–water partition coefficient (Wildman–Crippen LogP) is 4.17. The molecule has 0 bridgehead atoms. The average molecular weight is 351 g/mol. The third kappa shape index (κ3) is 2.88. The number of carbonyl (C=O) groups is 1. The first kappa shape index (κ1) is 17.1. The monoisotopic (exact) mass is 351 g/mol. The Morgan fingerprint density at radius 1 is 1.15 bits per heavy atom. The van der Waals surface area contributed by atoms with Crippen LogP contribution in [0.25, 0.3) is 11.1 Å². The van der Waals surface area contributed by atoms with Crippen molar-refractivity contribution < 1.29 is 14.6 Å². The van der Waals surface area contributed by atoms with Crippen LogP contribution in [-0.2, 0) is 4.74 Å². The first-order chi connectivity index (χ1) is 12.7. The number of amides is 1. The molecule has 1 saturated heterocycles. The molecule has 1 aliphatic carbocycles. The van der Waals surface area contributed by atoms with Gasteiger partial charge in [-0.25, -0.2) is 4.79 Å². The minimum Gasteiger partial charge on any atom is -0.448 e. The van der Waals surface area contributed by atoms with Gasteiger partial charge in [0, 0.05) is 12.5 Å². The Kier molecular flexibility index (Phi) is 4.68. The van der Waals surface area contributed by atoms with E-state index in [1.54, 1.807) is 4.90 Å². The number of nitrogens with zero attached hydrogens (tertiary/aromatic N) is 1. The number of aliphatic hydroxyl groups is 1. The summed E-state index contributed by atoms with van der Waals surface area (Å²) >= 11 is 0. The lowest BCUT2D eigenvalue weighted by Crippen LogP contribution is -2.43. The first-order valence-electron chi connectivity index (χ1n) is 9.50. The molecule has 1 amide bonds. The third-order valence-corrected chi connectivity index (χ3v) is 5.73. The second-order valence-corrected chi connectivity index (χ2v) is 7.18. The van der Waals surface area contributed by atoms with Gasteiger partial charge in [0.05, 0.1) is 12.1 Å². The Morgan fingerprint density at radius 2 is 1.77 bits per heavy atom. The molecule has 1 heterocycles. The van der Waals surface area contributed by atoms with Crippen LogP contribution >= 0.6 is 0 Å². The zero-order chi connectivity index (χ0) is 18.1. The Hall–Kier alpha value is -2.33. The summed E-state index contributed by atoms with van der Waals surface area (Å²) in [7, 11) is 0. The molecular formula is C22H25NO3. The Labute approximate surface area is 154 Å². The number of likely N-dealkylation sites (tertiary alicyclic amines) is 1. The van der Waals surface area contributed by atoms with Crippen LogP contribution in [0.15, 0.2) is 48.5 Å². The van der Waals surface area contributed by atoms with Crippen molar-refractivity contribution in [3.8, 4) is 11.1 Å². The summed E-state index contributed by atoms with van der Waals surface area (Å²) in [4.78, 5) is 14.4. The van der Waals surface area contributed by atoms with Gasteiger partial charge in [0.1, 0.15) is 6.61 Å². The normalized spacial score (nSPS) is 19.9. The van der Waals surface area contributed by atoms with Crippen molar-refractivity contribution in [3.63, 3.8) is 0 Å². The van der Waals surface area contributed by atoms with Gasteiger partial charge in [0.25, 0.3) is 0 Å². The van der Waals surface area contributed by atoms with Crippen LogP contribution in [-0.4, -0.2) is 41.4 Å². The Balaban J connectivity index is 1.51. The summed E-state index contributed by atoms with van der Waals surface area (Å²) < 4.78 is 5.72. The smallest absolute Gasteiger partial charge is 0.410 e. The van der Waals surface area contributed by atoms with E-state index in [9.17, 15) is 9.90 Å². The molecule has 4 nitrogen and oxygen atoms in total. The van der Waals surface area contributed by atoms with E-state index in [-0.39, 0.29) is 18.1 Å². The summed E-state index contributed by atoms with van der Waals surface area (Å²) in [5.74, 6) is 0.0727. The van der Waals surface area contributed by atoms with Crippen LogP contribution < -0.4 is 0 Å². The largest absolute Gasteiger partial charge is 0.448 e. The van der Waals surface area contributed by atoms with Crippen molar-refractivity contribution in [1.82, 2.24) is 4.90 Å². The minimum atomic E-state index is -0.474. The quantitative estimate of drug-likeness (QED) is 0.899. The van der Waals surface area contributed by atoms with Gasteiger partial charge in [-0.2, -0.15) is 0 Å². The molecule has 2 aromatic rings. The van der Waals surface area contributed by atoms with E-state index < -0.39 is 6.10 Å². The lowest BCUT2D eigenvalue weighted by molar-refractivity contribution is 0.0487. The fourth-order valence-electron chi connectivity index (χ4n) is 4.37. The number of benzene rings is 2. The highest BCUT2D eigenvalue weighted by atomic mass is 16.6. The van der Waals surface area contributed by atoms with E-state index in [1.165, 1.54) is 22.3 Å². The highest BCUT2D eigenvalue weighted by Gasteiger charge is 2.35. The van der Waals surface area contributed by atoms with E-state index >= 15 is 0 Å². The fraction of sp³-hybridized carbons (Fsp3) is 0.409. The topological polar surface area (TPSA) is 49.8 Å². The summed E-state index contributed by atoms with van der Waals surface area (Å²) in [5.41, 5.74) is 4.88. The number of aliphatic hydroxyl groups excluding tert-OH is 1. The van der Waals surface area contributed by atoms with Gasteiger partial charge in [0.2, 0.25) is 0 Å². The highest BCUT2D eigenvalue weighted by Crippen LogP contribution is 2.44. The zero-order valence-electron chi connectivity index (χ0n) is 15.1. The molecule has 2 aromatic carbocycles. The molecule has 0 aromatic heterocycles. The summed E-state index contributed by atoms with van der Waals surface area (Å²) in [6.07, 6.45) is 1.64. The van der Waals surface area contributed by atoms with Crippen LogP contribution in [0.2, 0.25) is 0 Å². The van der Waals surface area contributed by atoms with Crippen molar-refractivity contribution in [2.24, 2.45) is 0 Å². The van der Waals surface area contributed by atoms with Crippen LogP contribution in [0.3, 0.4) is 0 Å². The van der Waals surface area contributed by atoms with Gasteiger partial charge in [0.15, 0.2) is 0 Å². The van der Waals surface area contributed by atoms with Crippen LogP contribution in [0, 0.1) is 0 Å². The van der Waals surface area contributed by atoms with Gasteiger partial charge >= 0.3 is 6.09 Å². The van der Waals surface area contributed by atoms with Gasteiger partial charge in [-0.3, -0.25) is 0 Å². The Bertz CT molecular complexity index is 758. The number of hydrogen-bond acceptors (Lipinski definition) is 3. The summed E-state index contributed by atoms with van der Waals surface area (Å²) in [5, 5.41) is 10.2. The van der Waals surface area contributed by atoms with E-state index in [0.29, 0.717) is 19.6 Å². The number of rotatable bonds is 4. The molecule has 2 aliphatic rings. The van der Waals surface area contributed by atoms with Crippen molar-refractivity contribution in [2.45, 2.75) is 44.2 Å². The lowest BCUT2D eigenvalue weighted by Gasteiger charge is -2.28. The summed E-state index contributed by atoms with van der Waals surface area (Å²) in [6, 6.07) is 16.5. The molecule has 1 N–H and O–H groups in total. The van der Waals surface area contributed by atoms with Crippen LogP contribution in [0.5, 0.6) is 0 Å². The third-order valence-electron chi connectivity index (χ3n) is 5.73. The predicted molar refractivity (Wildman–Crippen MR) is 101 cm³/mol. The zero-order valence-corrected chi connectivity index (χ0v) is 15.1. The van der Waals surface area contributed by atoms with Crippen molar-refractivity contribution in [1.29, 1.82) is 0 Å². The van der Waals surface area contributed by atoms with Gasteiger partial charge in [-0.15, -0.1) is 0 Å². The van der Waals surface area contributed by atoms with E-state index in [0.717, 1.165) is 12.8 Å². The molecular weight excluding hydrogens is 326 g/mol. The van der Waals surface area contributed by atoms with Crippen molar-refractivity contribution >= 4 is 6.09 Å². The number of hydrogen-bond donors (Lipinski definition) is 1. The average Bonchev–Trinajstić information content (AvgIpc) is 3.29.